The molecule has 0 radical (unpaired) electrons. The van der Waals surface area contributed by atoms with Crippen LogP contribution >= 0.6 is 0 Å². The Bertz CT molecular complexity index is 698. The number of hydrogen-bond acceptors (Lipinski definition) is 5. The zero-order chi connectivity index (χ0) is 16.2. The fraction of sp³-hybridized carbons (Fsp3) is 0.800. The normalized spacial score (nSPS) is 32.2. The SMILES string of the molecule is Cc1cc(S(=O)(=O)N[C@@H]2C[C@H]3CO[C@@H](C4CC4)CN3C2)n(C)n1. The van der Waals surface area contributed by atoms with Gasteiger partial charge in [-0.1, -0.05) is 0 Å². The van der Waals surface area contributed by atoms with Crippen molar-refractivity contribution in [3.63, 3.8) is 0 Å². The van der Waals surface area contributed by atoms with Gasteiger partial charge in [0.2, 0.25) is 0 Å². The van der Waals surface area contributed by atoms with Crippen molar-refractivity contribution < 1.29 is 13.2 Å². The largest absolute Gasteiger partial charge is 0.375 e. The van der Waals surface area contributed by atoms with Gasteiger partial charge in [-0.25, -0.2) is 13.1 Å². The molecule has 8 heteroatoms. The van der Waals surface area contributed by atoms with Crippen LogP contribution in [0.25, 0.3) is 0 Å². The highest BCUT2D eigenvalue weighted by molar-refractivity contribution is 7.89. The van der Waals surface area contributed by atoms with E-state index >= 15 is 0 Å². The molecule has 7 nitrogen and oxygen atoms in total. The number of aromatic nitrogens is 2. The van der Waals surface area contributed by atoms with E-state index in [0.29, 0.717) is 17.8 Å². The van der Waals surface area contributed by atoms with Crippen LogP contribution in [0.1, 0.15) is 25.0 Å². The maximum atomic E-state index is 12.6. The second-order valence-corrected chi connectivity index (χ2v) is 8.78. The van der Waals surface area contributed by atoms with Gasteiger partial charge in [-0.15, -0.1) is 0 Å². The van der Waals surface area contributed by atoms with E-state index in [1.807, 2.05) is 0 Å². The molecule has 3 atom stereocenters. The van der Waals surface area contributed by atoms with Crippen molar-refractivity contribution in [2.45, 2.75) is 49.4 Å². The Kier molecular flexibility index (Phi) is 3.75. The summed E-state index contributed by atoms with van der Waals surface area (Å²) in [7, 11) is -1.87. The molecule has 1 saturated carbocycles. The summed E-state index contributed by atoms with van der Waals surface area (Å²) in [5.74, 6) is 0.726. The number of sulfonamides is 1. The number of hydrogen-bond donors (Lipinski definition) is 1. The fourth-order valence-corrected chi connectivity index (χ4v) is 5.30. The molecule has 4 rings (SSSR count). The van der Waals surface area contributed by atoms with Crippen LogP contribution in [0.5, 0.6) is 0 Å². The van der Waals surface area contributed by atoms with E-state index in [0.717, 1.165) is 32.0 Å². The van der Waals surface area contributed by atoms with Gasteiger partial charge in [0.1, 0.15) is 0 Å². The summed E-state index contributed by atoms with van der Waals surface area (Å²) in [6, 6.07) is 1.89. The lowest BCUT2D eigenvalue weighted by atomic mass is 10.1. The Morgan fingerprint density at radius 2 is 2.13 bits per heavy atom. The first-order chi connectivity index (χ1) is 10.9. The van der Waals surface area contributed by atoms with Crippen molar-refractivity contribution in [3.8, 4) is 0 Å². The highest BCUT2D eigenvalue weighted by Gasteiger charge is 2.43. The van der Waals surface area contributed by atoms with Crippen LogP contribution < -0.4 is 4.72 Å². The van der Waals surface area contributed by atoms with Crippen LogP contribution in [-0.2, 0) is 21.8 Å². The summed E-state index contributed by atoms with van der Waals surface area (Å²) in [5.41, 5.74) is 0.706. The molecular formula is C15H24N4O3S. The first-order valence-corrected chi connectivity index (χ1v) is 9.79. The monoisotopic (exact) mass is 340 g/mol. The molecule has 3 heterocycles. The number of ether oxygens (including phenoxy) is 1. The zero-order valence-corrected chi connectivity index (χ0v) is 14.4. The lowest BCUT2D eigenvalue weighted by molar-refractivity contribution is -0.0581. The first kappa shape index (κ1) is 15.6. The molecule has 0 spiro atoms. The van der Waals surface area contributed by atoms with Gasteiger partial charge in [-0.3, -0.25) is 9.58 Å². The van der Waals surface area contributed by atoms with E-state index in [9.17, 15) is 8.42 Å². The maximum absolute atomic E-state index is 12.6. The summed E-state index contributed by atoms with van der Waals surface area (Å²) in [6.07, 6.45) is 3.72. The van der Waals surface area contributed by atoms with Crippen LogP contribution in [0.3, 0.4) is 0 Å². The predicted octanol–water partition coefficient (Wildman–Crippen LogP) is 0.259. The highest BCUT2D eigenvalue weighted by Crippen LogP contribution is 2.38. The summed E-state index contributed by atoms with van der Waals surface area (Å²) in [4.78, 5) is 2.40. The summed E-state index contributed by atoms with van der Waals surface area (Å²) in [6.45, 7) is 4.24. The van der Waals surface area contributed by atoms with Crippen molar-refractivity contribution in [1.29, 1.82) is 0 Å². The van der Waals surface area contributed by atoms with E-state index in [1.54, 1.807) is 20.0 Å². The highest BCUT2D eigenvalue weighted by atomic mass is 32.2. The van der Waals surface area contributed by atoms with Crippen molar-refractivity contribution in [3.05, 3.63) is 11.8 Å². The number of nitrogens with zero attached hydrogens (tertiary/aromatic N) is 3. The Hall–Kier alpha value is -0.960. The molecule has 23 heavy (non-hydrogen) atoms. The number of nitrogens with one attached hydrogen (secondary N) is 1. The average Bonchev–Trinajstić information content (AvgIpc) is 3.16. The Labute approximate surface area is 137 Å². The quantitative estimate of drug-likeness (QED) is 0.851. The molecule has 128 valence electrons. The molecule has 1 aliphatic carbocycles. The lowest BCUT2D eigenvalue weighted by Gasteiger charge is -2.35. The number of fused-ring (bicyclic) bond motifs is 1. The summed E-state index contributed by atoms with van der Waals surface area (Å²) >= 11 is 0. The molecule has 1 N–H and O–H groups in total. The fourth-order valence-electron chi connectivity index (χ4n) is 3.86. The van der Waals surface area contributed by atoms with Gasteiger partial charge in [0, 0.05) is 32.2 Å². The van der Waals surface area contributed by atoms with Crippen molar-refractivity contribution in [1.82, 2.24) is 19.4 Å². The van der Waals surface area contributed by atoms with E-state index in [-0.39, 0.29) is 11.1 Å². The van der Waals surface area contributed by atoms with Crippen LogP contribution in [0.4, 0.5) is 0 Å². The molecule has 1 aromatic rings. The molecule has 0 bridgehead atoms. The maximum Gasteiger partial charge on any atom is 0.258 e. The van der Waals surface area contributed by atoms with Gasteiger partial charge in [0.15, 0.2) is 5.03 Å². The minimum absolute atomic E-state index is 0.0539. The number of aryl methyl sites for hydroxylation is 2. The van der Waals surface area contributed by atoms with Gasteiger partial charge < -0.3 is 4.74 Å². The second-order valence-electron chi connectivity index (χ2n) is 7.12. The Balaban J connectivity index is 1.43. The number of rotatable bonds is 4. The molecule has 2 saturated heterocycles. The lowest BCUT2D eigenvalue weighted by Crippen LogP contribution is -2.47. The molecule has 0 unspecified atom stereocenters. The summed E-state index contributed by atoms with van der Waals surface area (Å²) in [5, 5.41) is 4.36. The third kappa shape index (κ3) is 3.05. The van der Waals surface area contributed by atoms with Crippen molar-refractivity contribution >= 4 is 10.0 Å². The van der Waals surface area contributed by atoms with Gasteiger partial charge >= 0.3 is 0 Å². The molecule has 2 aliphatic heterocycles. The molecule has 0 amide bonds. The van der Waals surface area contributed by atoms with Crippen molar-refractivity contribution in [2.24, 2.45) is 13.0 Å². The van der Waals surface area contributed by atoms with E-state index in [2.05, 4.69) is 14.7 Å². The first-order valence-electron chi connectivity index (χ1n) is 8.31. The van der Waals surface area contributed by atoms with Crippen molar-refractivity contribution in [2.75, 3.05) is 19.7 Å². The smallest absolute Gasteiger partial charge is 0.258 e. The van der Waals surface area contributed by atoms with Gasteiger partial charge in [0.05, 0.1) is 18.4 Å². The minimum Gasteiger partial charge on any atom is -0.375 e. The van der Waals surface area contributed by atoms with E-state index < -0.39 is 10.0 Å². The minimum atomic E-state index is -3.53. The van der Waals surface area contributed by atoms with E-state index in [4.69, 9.17) is 4.74 Å². The molecule has 3 aliphatic rings. The third-order valence-electron chi connectivity index (χ3n) is 5.15. The predicted molar refractivity (Wildman–Crippen MR) is 84.5 cm³/mol. The number of morpholine rings is 1. The van der Waals surface area contributed by atoms with Gasteiger partial charge in [-0.2, -0.15) is 5.10 Å². The Morgan fingerprint density at radius 3 is 2.78 bits per heavy atom. The van der Waals surface area contributed by atoms with Crippen LogP contribution in [-0.4, -0.2) is 61.0 Å². The van der Waals surface area contributed by atoms with Gasteiger partial charge in [-0.05, 0) is 38.2 Å². The molecule has 1 aromatic heterocycles. The van der Waals surface area contributed by atoms with Gasteiger partial charge in [0.25, 0.3) is 10.0 Å². The molecule has 0 aromatic carbocycles. The van der Waals surface area contributed by atoms with Crippen LogP contribution in [0.2, 0.25) is 0 Å². The van der Waals surface area contributed by atoms with Crippen LogP contribution in [0, 0.1) is 12.8 Å². The molecular weight excluding hydrogens is 316 g/mol. The topological polar surface area (TPSA) is 76.5 Å². The summed E-state index contributed by atoms with van der Waals surface area (Å²) < 4.78 is 35.4. The standard InChI is InChI=1S/C15H24N4O3S/c1-10-5-15(18(2)16-10)23(20,21)17-12-6-13-9-22-14(11-3-4-11)8-19(13)7-12/h5,11-14,17H,3-4,6-9H2,1-2H3/t12-,13+,14-/m1/s1. The third-order valence-corrected chi connectivity index (χ3v) is 6.73. The van der Waals surface area contributed by atoms with E-state index in [1.165, 1.54) is 17.5 Å². The zero-order valence-electron chi connectivity index (χ0n) is 13.6. The molecule has 3 fully saturated rings. The second kappa shape index (κ2) is 5.54. The average molecular weight is 340 g/mol. The van der Waals surface area contributed by atoms with Crippen LogP contribution in [0.15, 0.2) is 11.1 Å². The Morgan fingerprint density at radius 1 is 1.35 bits per heavy atom.